The molecule has 1 heterocycles. The molecule has 1 aromatic heterocycles. The zero-order valence-corrected chi connectivity index (χ0v) is 15.9. The predicted molar refractivity (Wildman–Crippen MR) is 104 cm³/mol. The number of halogens is 1. The van der Waals surface area contributed by atoms with Gasteiger partial charge in [-0.05, 0) is 37.3 Å². The van der Waals surface area contributed by atoms with Crippen molar-refractivity contribution in [2.75, 3.05) is 19.4 Å². The van der Waals surface area contributed by atoms with E-state index in [4.69, 9.17) is 11.6 Å². The third-order valence-electron chi connectivity index (χ3n) is 3.83. The fourth-order valence-corrected chi connectivity index (χ4v) is 2.73. The topological polar surface area (TPSA) is 80.1 Å². The molecule has 138 valence electrons. The molecule has 0 saturated heterocycles. The van der Waals surface area contributed by atoms with Crippen molar-refractivity contribution >= 4 is 29.1 Å². The molecule has 0 fully saturated rings. The molecule has 0 aliphatic carbocycles. The van der Waals surface area contributed by atoms with E-state index in [0.29, 0.717) is 27.8 Å². The molecule has 7 nitrogen and oxygen atoms in total. The normalized spacial score (nSPS) is 10.5. The maximum absolute atomic E-state index is 12.5. The van der Waals surface area contributed by atoms with E-state index in [1.54, 1.807) is 57.4 Å². The number of aromatic nitrogens is 3. The monoisotopic (exact) mass is 383 g/mol. The summed E-state index contributed by atoms with van der Waals surface area (Å²) in [5, 5.41) is 7.48. The number of aryl methyl sites for hydroxylation is 1. The van der Waals surface area contributed by atoms with Gasteiger partial charge in [-0.15, -0.1) is 5.10 Å². The zero-order valence-electron chi connectivity index (χ0n) is 15.1. The average Bonchev–Trinajstić information content (AvgIpc) is 3.03. The Morgan fingerprint density at radius 2 is 1.85 bits per heavy atom. The zero-order chi connectivity index (χ0) is 19.6. The molecule has 0 aliphatic heterocycles. The standard InChI is InChI=1S/C19H18ClN5O2/c1-12-21-17(23-25(12)16-10-5-4-9-15(16)20)18(26)22-14-8-6-7-13(11-14)19(27)24(2)3/h4-11H,1-3H3,(H,22,26). The number of amides is 2. The lowest BCUT2D eigenvalue weighted by molar-refractivity contribution is 0.0827. The van der Waals surface area contributed by atoms with E-state index in [0.717, 1.165) is 0 Å². The summed E-state index contributed by atoms with van der Waals surface area (Å²) in [4.78, 5) is 30.3. The van der Waals surface area contributed by atoms with Gasteiger partial charge in [-0.3, -0.25) is 9.59 Å². The van der Waals surface area contributed by atoms with E-state index >= 15 is 0 Å². The molecule has 0 saturated carbocycles. The first kappa shape index (κ1) is 18.6. The lowest BCUT2D eigenvalue weighted by atomic mass is 10.2. The third-order valence-corrected chi connectivity index (χ3v) is 4.15. The lowest BCUT2D eigenvalue weighted by Gasteiger charge is -2.11. The van der Waals surface area contributed by atoms with Crippen molar-refractivity contribution in [1.29, 1.82) is 0 Å². The second kappa shape index (κ2) is 7.59. The SMILES string of the molecule is Cc1nc(C(=O)Nc2cccc(C(=O)N(C)C)c2)nn1-c1ccccc1Cl. The number of carbonyl (C=O) groups excluding carboxylic acids is 2. The van der Waals surface area contributed by atoms with Crippen molar-refractivity contribution in [1.82, 2.24) is 19.7 Å². The number of anilines is 1. The second-order valence-electron chi connectivity index (χ2n) is 6.08. The van der Waals surface area contributed by atoms with Gasteiger partial charge >= 0.3 is 0 Å². The van der Waals surface area contributed by atoms with Crippen molar-refractivity contribution in [3.8, 4) is 5.69 Å². The first-order valence-electron chi connectivity index (χ1n) is 8.18. The smallest absolute Gasteiger partial charge is 0.295 e. The molecule has 27 heavy (non-hydrogen) atoms. The molecule has 0 atom stereocenters. The number of hydrogen-bond acceptors (Lipinski definition) is 4. The Morgan fingerprint density at radius 1 is 1.11 bits per heavy atom. The van der Waals surface area contributed by atoms with E-state index in [1.807, 2.05) is 12.1 Å². The summed E-state index contributed by atoms with van der Waals surface area (Å²) in [6.07, 6.45) is 0. The van der Waals surface area contributed by atoms with Gasteiger partial charge in [0.15, 0.2) is 0 Å². The van der Waals surface area contributed by atoms with Crippen LogP contribution in [0.25, 0.3) is 5.69 Å². The van der Waals surface area contributed by atoms with Gasteiger partial charge in [0.05, 0.1) is 10.7 Å². The molecule has 3 rings (SSSR count). The predicted octanol–water partition coefficient (Wildman–Crippen LogP) is 3.18. The Hall–Kier alpha value is -3.19. The Labute approximate surface area is 161 Å². The molecule has 1 N–H and O–H groups in total. The van der Waals surface area contributed by atoms with E-state index in [1.165, 1.54) is 9.58 Å². The van der Waals surface area contributed by atoms with Gasteiger partial charge in [-0.25, -0.2) is 9.67 Å². The van der Waals surface area contributed by atoms with Gasteiger partial charge in [-0.1, -0.05) is 29.8 Å². The van der Waals surface area contributed by atoms with Crippen molar-refractivity contribution in [2.24, 2.45) is 0 Å². The second-order valence-corrected chi connectivity index (χ2v) is 6.49. The molecule has 2 amide bonds. The summed E-state index contributed by atoms with van der Waals surface area (Å²) in [5.74, 6) is -0.0806. The van der Waals surface area contributed by atoms with E-state index in [9.17, 15) is 9.59 Å². The van der Waals surface area contributed by atoms with Gasteiger partial charge in [0.1, 0.15) is 5.82 Å². The van der Waals surface area contributed by atoms with Crippen LogP contribution in [0, 0.1) is 6.92 Å². The largest absolute Gasteiger partial charge is 0.345 e. The minimum absolute atomic E-state index is 0.0109. The van der Waals surface area contributed by atoms with Crippen molar-refractivity contribution in [2.45, 2.75) is 6.92 Å². The highest BCUT2D eigenvalue weighted by atomic mass is 35.5. The molecule has 2 aromatic carbocycles. The van der Waals surface area contributed by atoms with Gasteiger partial charge in [-0.2, -0.15) is 0 Å². The molecular formula is C19H18ClN5O2. The maximum Gasteiger partial charge on any atom is 0.295 e. The van der Waals surface area contributed by atoms with E-state index in [-0.39, 0.29) is 11.7 Å². The summed E-state index contributed by atoms with van der Waals surface area (Å²) in [5.41, 5.74) is 1.60. The van der Waals surface area contributed by atoms with Gasteiger partial charge in [0.2, 0.25) is 5.82 Å². The Balaban J connectivity index is 1.84. The number of nitrogens with one attached hydrogen (secondary N) is 1. The Kier molecular flexibility index (Phi) is 5.23. The number of benzene rings is 2. The fraction of sp³-hybridized carbons (Fsp3) is 0.158. The van der Waals surface area contributed by atoms with Gasteiger partial charge < -0.3 is 10.2 Å². The van der Waals surface area contributed by atoms with E-state index < -0.39 is 5.91 Å². The molecule has 8 heteroatoms. The Bertz CT molecular complexity index is 1010. The minimum Gasteiger partial charge on any atom is -0.345 e. The number of carbonyl (C=O) groups is 2. The summed E-state index contributed by atoms with van der Waals surface area (Å²) in [7, 11) is 3.34. The highest BCUT2D eigenvalue weighted by Crippen LogP contribution is 2.20. The van der Waals surface area contributed by atoms with Crippen LogP contribution in [0.3, 0.4) is 0 Å². The van der Waals surface area contributed by atoms with Crippen LogP contribution in [0.4, 0.5) is 5.69 Å². The average molecular weight is 384 g/mol. The van der Waals surface area contributed by atoms with Crippen LogP contribution in [0.1, 0.15) is 26.8 Å². The van der Waals surface area contributed by atoms with Crippen molar-refractivity contribution < 1.29 is 9.59 Å². The Morgan fingerprint density at radius 3 is 2.56 bits per heavy atom. The van der Waals surface area contributed by atoms with Crippen molar-refractivity contribution in [3.63, 3.8) is 0 Å². The third kappa shape index (κ3) is 3.98. The highest BCUT2D eigenvalue weighted by Gasteiger charge is 2.17. The van der Waals surface area contributed by atoms with Crippen LogP contribution < -0.4 is 5.32 Å². The van der Waals surface area contributed by atoms with Crippen LogP contribution in [-0.4, -0.2) is 45.6 Å². The van der Waals surface area contributed by atoms with Crippen LogP contribution >= 0.6 is 11.6 Å². The first-order chi connectivity index (χ1) is 12.9. The number of rotatable bonds is 4. The summed E-state index contributed by atoms with van der Waals surface area (Å²) >= 11 is 6.20. The molecular weight excluding hydrogens is 366 g/mol. The molecule has 0 unspecified atom stereocenters. The number of nitrogens with zero attached hydrogens (tertiary/aromatic N) is 4. The fourth-order valence-electron chi connectivity index (χ4n) is 2.51. The van der Waals surface area contributed by atoms with Gasteiger partial charge in [0, 0.05) is 25.3 Å². The minimum atomic E-state index is -0.474. The highest BCUT2D eigenvalue weighted by molar-refractivity contribution is 6.32. The molecule has 0 spiro atoms. The molecule has 3 aromatic rings. The number of hydrogen-bond donors (Lipinski definition) is 1. The first-order valence-corrected chi connectivity index (χ1v) is 8.56. The van der Waals surface area contributed by atoms with Crippen LogP contribution in [-0.2, 0) is 0 Å². The molecule has 0 bridgehead atoms. The van der Waals surface area contributed by atoms with Gasteiger partial charge in [0.25, 0.3) is 11.8 Å². The molecule has 0 aliphatic rings. The maximum atomic E-state index is 12.5. The molecule has 0 radical (unpaired) electrons. The van der Waals surface area contributed by atoms with Crippen LogP contribution in [0.2, 0.25) is 5.02 Å². The quantitative estimate of drug-likeness (QED) is 0.750. The number of para-hydroxylation sites is 1. The lowest BCUT2D eigenvalue weighted by Crippen LogP contribution is -2.22. The summed E-state index contributed by atoms with van der Waals surface area (Å²) in [6, 6.07) is 13.9. The van der Waals surface area contributed by atoms with Crippen molar-refractivity contribution in [3.05, 3.63) is 70.8 Å². The summed E-state index contributed by atoms with van der Waals surface area (Å²) < 4.78 is 1.52. The van der Waals surface area contributed by atoms with Crippen LogP contribution in [0.5, 0.6) is 0 Å². The van der Waals surface area contributed by atoms with E-state index in [2.05, 4.69) is 15.4 Å². The summed E-state index contributed by atoms with van der Waals surface area (Å²) in [6.45, 7) is 1.74. The van der Waals surface area contributed by atoms with Crippen LogP contribution in [0.15, 0.2) is 48.5 Å².